The number of rotatable bonds is 7. The predicted octanol–water partition coefficient (Wildman–Crippen LogP) is 3.74. The fourth-order valence-corrected chi connectivity index (χ4v) is 3.94. The Morgan fingerprint density at radius 3 is 3.00 bits per heavy atom. The molecule has 0 aliphatic carbocycles. The lowest BCUT2D eigenvalue weighted by molar-refractivity contribution is -0.156. The van der Waals surface area contributed by atoms with Gasteiger partial charge in [0.15, 0.2) is 16.5 Å². The van der Waals surface area contributed by atoms with Crippen molar-refractivity contribution in [2.45, 2.75) is 50.3 Å². The second kappa shape index (κ2) is 6.97. The van der Waals surface area contributed by atoms with Crippen LogP contribution in [-0.4, -0.2) is 33.1 Å². The van der Waals surface area contributed by atoms with Crippen molar-refractivity contribution >= 4 is 34.5 Å². The van der Waals surface area contributed by atoms with Crippen LogP contribution in [0.25, 0.3) is 11.0 Å². The molecule has 1 N–H and O–H groups in total. The van der Waals surface area contributed by atoms with E-state index in [0.717, 1.165) is 30.3 Å². The standard InChI is InChI=1S/C18H22N2O3S/c1-3-4-7-12-10-18(2,23-16(12)22)15(21)11-24-17-19-13-8-5-6-9-14(13)20-17/h5-6,8-9,12H,3-4,7,10-11H2,1-2H3,(H,19,20)/t12-,18+/m0/s1. The molecule has 6 heteroatoms. The number of aromatic nitrogens is 2. The maximum absolute atomic E-state index is 12.6. The summed E-state index contributed by atoms with van der Waals surface area (Å²) in [5.41, 5.74) is 0.838. The van der Waals surface area contributed by atoms with Gasteiger partial charge in [-0.1, -0.05) is 43.7 Å². The minimum Gasteiger partial charge on any atom is -0.451 e. The molecule has 0 amide bonds. The molecule has 2 atom stereocenters. The van der Waals surface area contributed by atoms with Gasteiger partial charge in [0.1, 0.15) is 0 Å². The molecule has 0 saturated carbocycles. The van der Waals surface area contributed by atoms with Gasteiger partial charge in [0.05, 0.1) is 22.7 Å². The Kier molecular flexibility index (Phi) is 4.94. The van der Waals surface area contributed by atoms with E-state index < -0.39 is 5.60 Å². The van der Waals surface area contributed by atoms with Crippen molar-refractivity contribution in [2.75, 3.05) is 5.75 Å². The average molecular weight is 346 g/mol. The number of para-hydroxylation sites is 2. The van der Waals surface area contributed by atoms with E-state index >= 15 is 0 Å². The molecule has 1 aromatic heterocycles. The number of benzene rings is 1. The summed E-state index contributed by atoms with van der Waals surface area (Å²) in [4.78, 5) is 32.2. The molecule has 1 fully saturated rings. The van der Waals surface area contributed by atoms with Crippen LogP contribution in [0.5, 0.6) is 0 Å². The van der Waals surface area contributed by atoms with Gasteiger partial charge in [0.25, 0.3) is 0 Å². The van der Waals surface area contributed by atoms with Crippen LogP contribution in [0.2, 0.25) is 0 Å². The molecular weight excluding hydrogens is 324 g/mol. The van der Waals surface area contributed by atoms with E-state index in [1.165, 1.54) is 11.8 Å². The fourth-order valence-electron chi connectivity index (χ4n) is 3.03. The van der Waals surface area contributed by atoms with Gasteiger partial charge in [-0.2, -0.15) is 0 Å². The summed E-state index contributed by atoms with van der Waals surface area (Å²) >= 11 is 1.35. The van der Waals surface area contributed by atoms with Crippen LogP contribution in [0.1, 0.15) is 39.5 Å². The number of hydrogen-bond donors (Lipinski definition) is 1. The van der Waals surface area contributed by atoms with Crippen molar-refractivity contribution < 1.29 is 14.3 Å². The lowest BCUT2D eigenvalue weighted by atomic mass is 9.90. The number of cyclic esters (lactones) is 1. The Labute approximate surface area is 145 Å². The topological polar surface area (TPSA) is 72.1 Å². The molecule has 2 aromatic rings. The molecule has 0 radical (unpaired) electrons. The van der Waals surface area contributed by atoms with Gasteiger partial charge >= 0.3 is 5.97 Å². The Morgan fingerprint density at radius 1 is 1.46 bits per heavy atom. The van der Waals surface area contributed by atoms with Gasteiger partial charge in [-0.25, -0.2) is 4.98 Å². The van der Waals surface area contributed by atoms with E-state index in [1.54, 1.807) is 6.92 Å². The zero-order valence-electron chi connectivity index (χ0n) is 14.0. The SMILES string of the molecule is CCCC[C@H]1C[C@](C)(C(=O)CSc2nc3ccccc3[nH]2)OC1=O. The molecule has 128 valence electrons. The average Bonchev–Trinajstić information content (AvgIpc) is 3.11. The number of imidazole rings is 1. The summed E-state index contributed by atoms with van der Waals surface area (Å²) in [6, 6.07) is 7.75. The number of carbonyl (C=O) groups is 2. The third kappa shape index (κ3) is 3.48. The van der Waals surface area contributed by atoms with Crippen molar-refractivity contribution in [3.63, 3.8) is 0 Å². The van der Waals surface area contributed by atoms with Crippen LogP contribution < -0.4 is 0 Å². The van der Waals surface area contributed by atoms with Crippen molar-refractivity contribution in [3.05, 3.63) is 24.3 Å². The van der Waals surface area contributed by atoms with Crippen LogP contribution in [0, 0.1) is 5.92 Å². The quantitative estimate of drug-likeness (QED) is 0.611. The van der Waals surface area contributed by atoms with Crippen LogP contribution in [0.4, 0.5) is 0 Å². The van der Waals surface area contributed by atoms with E-state index in [2.05, 4.69) is 16.9 Å². The molecule has 2 heterocycles. The van der Waals surface area contributed by atoms with Gasteiger partial charge in [0.2, 0.25) is 0 Å². The van der Waals surface area contributed by atoms with Crippen molar-refractivity contribution in [1.29, 1.82) is 0 Å². The highest BCUT2D eigenvalue weighted by atomic mass is 32.2. The third-order valence-corrected chi connectivity index (χ3v) is 5.37. The maximum Gasteiger partial charge on any atom is 0.310 e. The second-order valence-corrected chi connectivity index (χ2v) is 7.43. The molecule has 0 spiro atoms. The highest BCUT2D eigenvalue weighted by Crippen LogP contribution is 2.35. The number of unbranched alkanes of at least 4 members (excludes halogenated alkanes) is 1. The largest absolute Gasteiger partial charge is 0.451 e. The van der Waals surface area contributed by atoms with E-state index in [9.17, 15) is 9.59 Å². The summed E-state index contributed by atoms with van der Waals surface area (Å²) in [6.45, 7) is 3.83. The molecular formula is C18H22N2O3S. The van der Waals surface area contributed by atoms with Gasteiger partial charge < -0.3 is 9.72 Å². The van der Waals surface area contributed by atoms with Crippen molar-refractivity contribution in [2.24, 2.45) is 5.92 Å². The molecule has 1 aromatic carbocycles. The monoisotopic (exact) mass is 346 g/mol. The number of carbonyl (C=O) groups excluding carboxylic acids is 2. The number of Topliss-reactive ketones (excluding diaryl/α,β-unsaturated/α-hetero) is 1. The van der Waals surface area contributed by atoms with Crippen molar-refractivity contribution in [3.8, 4) is 0 Å². The Balaban J connectivity index is 1.61. The van der Waals surface area contributed by atoms with Crippen LogP contribution in [0.15, 0.2) is 29.4 Å². The second-order valence-electron chi connectivity index (χ2n) is 6.47. The number of fused-ring (bicyclic) bond motifs is 1. The number of esters is 1. The summed E-state index contributed by atoms with van der Waals surface area (Å²) < 4.78 is 5.44. The van der Waals surface area contributed by atoms with Gasteiger partial charge in [-0.3, -0.25) is 9.59 Å². The number of ether oxygens (including phenoxy) is 1. The van der Waals surface area contributed by atoms with Crippen LogP contribution in [0.3, 0.4) is 0 Å². The van der Waals surface area contributed by atoms with Gasteiger partial charge in [0, 0.05) is 6.42 Å². The van der Waals surface area contributed by atoms with Crippen molar-refractivity contribution in [1.82, 2.24) is 9.97 Å². The predicted molar refractivity (Wildman–Crippen MR) is 94.0 cm³/mol. The Morgan fingerprint density at radius 2 is 2.25 bits per heavy atom. The first-order valence-electron chi connectivity index (χ1n) is 8.35. The molecule has 0 bridgehead atoms. The summed E-state index contributed by atoms with van der Waals surface area (Å²) in [5, 5.41) is 0.708. The number of hydrogen-bond acceptors (Lipinski definition) is 5. The number of nitrogens with one attached hydrogen (secondary N) is 1. The minimum atomic E-state index is -0.992. The first-order valence-corrected chi connectivity index (χ1v) is 9.34. The zero-order chi connectivity index (χ0) is 17.2. The number of thioether (sulfide) groups is 1. The molecule has 1 aliphatic heterocycles. The normalized spacial score (nSPS) is 23.6. The van der Waals surface area contributed by atoms with Gasteiger partial charge in [-0.05, 0) is 25.5 Å². The van der Waals surface area contributed by atoms with Crippen LogP contribution >= 0.6 is 11.8 Å². The molecule has 1 aliphatic rings. The first-order chi connectivity index (χ1) is 11.5. The van der Waals surface area contributed by atoms with E-state index in [-0.39, 0.29) is 23.4 Å². The Bertz CT molecular complexity index is 725. The van der Waals surface area contributed by atoms with Gasteiger partial charge in [-0.15, -0.1) is 0 Å². The molecule has 5 nitrogen and oxygen atoms in total. The lowest BCUT2D eigenvalue weighted by Gasteiger charge is -2.20. The molecule has 24 heavy (non-hydrogen) atoms. The molecule has 0 unspecified atom stereocenters. The third-order valence-electron chi connectivity index (χ3n) is 4.50. The van der Waals surface area contributed by atoms with Crippen LogP contribution in [-0.2, 0) is 14.3 Å². The zero-order valence-corrected chi connectivity index (χ0v) is 14.8. The highest BCUT2D eigenvalue weighted by Gasteiger charge is 2.47. The summed E-state index contributed by atoms with van der Waals surface area (Å²) in [6.07, 6.45) is 3.31. The van der Waals surface area contributed by atoms with E-state index in [1.807, 2.05) is 24.3 Å². The maximum atomic E-state index is 12.6. The van der Waals surface area contributed by atoms with E-state index in [4.69, 9.17) is 4.74 Å². The first kappa shape index (κ1) is 17.0. The number of nitrogens with zero attached hydrogens (tertiary/aromatic N) is 1. The number of aromatic amines is 1. The fraction of sp³-hybridized carbons (Fsp3) is 0.500. The molecule has 3 rings (SSSR count). The highest BCUT2D eigenvalue weighted by molar-refractivity contribution is 7.99. The minimum absolute atomic E-state index is 0.0553. The van der Waals surface area contributed by atoms with E-state index in [0.29, 0.717) is 11.6 Å². The number of ketones is 1. The lowest BCUT2D eigenvalue weighted by Crippen LogP contribution is -2.36. The summed E-state index contributed by atoms with van der Waals surface area (Å²) in [7, 11) is 0. The summed E-state index contributed by atoms with van der Waals surface area (Å²) in [5.74, 6) is -0.187. The molecule has 1 saturated heterocycles. The Hall–Kier alpha value is -1.82. The number of H-pyrrole nitrogens is 1. The smallest absolute Gasteiger partial charge is 0.310 e.